The van der Waals surface area contributed by atoms with Gasteiger partial charge in [0.2, 0.25) is 15.9 Å². The maximum atomic E-state index is 13.3. The number of methoxy groups -OCH3 is 1. The summed E-state index contributed by atoms with van der Waals surface area (Å²) in [4.78, 5) is 13.9. The first-order chi connectivity index (χ1) is 14.2. The van der Waals surface area contributed by atoms with E-state index in [-0.39, 0.29) is 10.8 Å². The highest BCUT2D eigenvalue weighted by atomic mass is 32.2. The van der Waals surface area contributed by atoms with Crippen molar-refractivity contribution in [1.82, 2.24) is 4.72 Å². The fraction of sp³-hybridized carbons (Fsp3) is 0.409. The monoisotopic (exact) mass is 430 g/mol. The molecule has 0 radical (unpaired) electrons. The average Bonchev–Trinajstić information content (AvgIpc) is 3.12. The highest BCUT2D eigenvalue weighted by Crippen LogP contribution is 2.40. The third kappa shape index (κ3) is 3.89. The predicted molar refractivity (Wildman–Crippen MR) is 113 cm³/mol. The maximum Gasteiger partial charge on any atom is 0.241 e. The fourth-order valence-electron chi connectivity index (χ4n) is 4.11. The molecule has 1 unspecified atom stereocenters. The van der Waals surface area contributed by atoms with Crippen molar-refractivity contribution in [3.8, 4) is 11.5 Å². The first kappa shape index (κ1) is 20.7. The van der Waals surface area contributed by atoms with Gasteiger partial charge in [0.1, 0.15) is 17.1 Å². The lowest BCUT2D eigenvalue weighted by molar-refractivity contribution is -0.117. The van der Waals surface area contributed by atoms with Gasteiger partial charge in [0.15, 0.2) is 0 Å². The molecule has 2 heterocycles. The zero-order chi connectivity index (χ0) is 21.5. The largest absolute Gasteiger partial charge is 0.495 e. The maximum absolute atomic E-state index is 13.3. The summed E-state index contributed by atoms with van der Waals surface area (Å²) < 4.78 is 40.8. The van der Waals surface area contributed by atoms with E-state index in [1.807, 2.05) is 38.1 Å². The van der Waals surface area contributed by atoms with Crippen LogP contribution in [0.3, 0.4) is 0 Å². The number of hydrogen-bond donors (Lipinski definition) is 1. The lowest BCUT2D eigenvalue weighted by Gasteiger charge is -2.37. The van der Waals surface area contributed by atoms with Crippen LogP contribution in [0.2, 0.25) is 0 Å². The number of amides is 1. The first-order valence-corrected chi connectivity index (χ1v) is 11.5. The molecule has 0 aliphatic carbocycles. The highest BCUT2D eigenvalue weighted by Gasteiger charge is 2.36. The van der Waals surface area contributed by atoms with Gasteiger partial charge < -0.3 is 14.4 Å². The fourth-order valence-corrected chi connectivity index (χ4v) is 5.35. The Morgan fingerprint density at radius 2 is 1.97 bits per heavy atom. The van der Waals surface area contributed by atoms with E-state index in [0.717, 1.165) is 12.0 Å². The number of benzene rings is 2. The molecule has 7 nitrogen and oxygen atoms in total. The second-order valence-electron chi connectivity index (χ2n) is 8.26. The highest BCUT2D eigenvalue weighted by molar-refractivity contribution is 7.89. The zero-order valence-electron chi connectivity index (χ0n) is 17.3. The Hall–Kier alpha value is -2.58. The van der Waals surface area contributed by atoms with Gasteiger partial charge in [-0.3, -0.25) is 4.79 Å². The van der Waals surface area contributed by atoms with Gasteiger partial charge in [-0.2, -0.15) is 0 Å². The van der Waals surface area contributed by atoms with Gasteiger partial charge in [-0.05, 0) is 44.5 Å². The van der Waals surface area contributed by atoms with E-state index in [1.54, 1.807) is 11.0 Å². The minimum absolute atomic E-state index is 0.0316. The number of nitrogens with zero attached hydrogens (tertiary/aromatic N) is 1. The molecule has 0 aromatic heterocycles. The molecule has 2 aromatic rings. The molecule has 2 aliphatic rings. The second kappa shape index (κ2) is 7.59. The number of carbonyl (C=O) groups excluding carboxylic acids is 1. The summed E-state index contributed by atoms with van der Waals surface area (Å²) in [5.41, 5.74) is 0.786. The van der Waals surface area contributed by atoms with E-state index in [0.29, 0.717) is 36.6 Å². The minimum Gasteiger partial charge on any atom is -0.495 e. The van der Waals surface area contributed by atoms with E-state index < -0.39 is 21.7 Å². The van der Waals surface area contributed by atoms with E-state index in [1.165, 1.54) is 19.2 Å². The van der Waals surface area contributed by atoms with Crippen molar-refractivity contribution in [2.45, 2.75) is 49.6 Å². The molecule has 1 saturated heterocycles. The quantitative estimate of drug-likeness (QED) is 0.786. The van der Waals surface area contributed by atoms with Gasteiger partial charge in [0.25, 0.3) is 0 Å². The third-order valence-corrected chi connectivity index (χ3v) is 6.97. The van der Waals surface area contributed by atoms with Gasteiger partial charge >= 0.3 is 0 Å². The Bertz CT molecular complexity index is 1080. The van der Waals surface area contributed by atoms with Crippen LogP contribution >= 0.6 is 0 Å². The van der Waals surface area contributed by atoms with Crippen LogP contribution in [0.25, 0.3) is 0 Å². The summed E-state index contributed by atoms with van der Waals surface area (Å²) in [6.07, 6.45) is 1.69. The van der Waals surface area contributed by atoms with Gasteiger partial charge in [0.05, 0.1) is 23.7 Å². The standard InChI is InChI=1S/C22H26N2O5S/c1-22(2)14-17(16-7-4-5-8-19(16)29-22)23-30(26,27)15-10-11-20(28-3)18(13-15)24-12-6-9-21(24)25/h4-5,7-8,10-11,13,17,23H,6,9,12,14H2,1-3H3. The van der Waals surface area contributed by atoms with Gasteiger partial charge in [-0.15, -0.1) is 0 Å². The summed E-state index contributed by atoms with van der Waals surface area (Å²) in [5.74, 6) is 1.12. The number of rotatable bonds is 5. The van der Waals surface area contributed by atoms with E-state index in [9.17, 15) is 13.2 Å². The number of carbonyl (C=O) groups is 1. The Morgan fingerprint density at radius 3 is 2.67 bits per heavy atom. The molecule has 1 atom stereocenters. The van der Waals surface area contributed by atoms with Crippen molar-refractivity contribution in [3.05, 3.63) is 48.0 Å². The molecule has 2 aromatic carbocycles. The van der Waals surface area contributed by atoms with Gasteiger partial charge in [-0.1, -0.05) is 18.2 Å². The number of para-hydroxylation sites is 1. The predicted octanol–water partition coefficient (Wildman–Crippen LogP) is 3.40. The normalized spacial score (nSPS) is 20.6. The molecule has 0 saturated carbocycles. The molecule has 1 amide bonds. The first-order valence-electron chi connectivity index (χ1n) is 9.99. The van der Waals surface area contributed by atoms with Crippen LogP contribution in [-0.2, 0) is 14.8 Å². The zero-order valence-corrected chi connectivity index (χ0v) is 18.2. The lowest BCUT2D eigenvalue weighted by atomic mass is 9.90. The number of sulfonamides is 1. The molecule has 1 fully saturated rings. The number of nitrogens with one attached hydrogen (secondary N) is 1. The van der Waals surface area contributed by atoms with Gasteiger partial charge in [-0.25, -0.2) is 13.1 Å². The number of ether oxygens (including phenoxy) is 2. The molecule has 4 rings (SSSR count). The lowest BCUT2D eigenvalue weighted by Crippen LogP contribution is -2.41. The molecular weight excluding hydrogens is 404 g/mol. The minimum atomic E-state index is -3.85. The molecule has 0 spiro atoms. The Balaban J connectivity index is 1.68. The van der Waals surface area contributed by atoms with Crippen molar-refractivity contribution in [2.24, 2.45) is 0 Å². The van der Waals surface area contributed by atoms with Crippen LogP contribution in [0.4, 0.5) is 5.69 Å². The molecular formula is C22H26N2O5S. The number of fused-ring (bicyclic) bond motifs is 1. The average molecular weight is 431 g/mol. The van der Waals surface area contributed by atoms with Crippen molar-refractivity contribution >= 4 is 21.6 Å². The molecule has 2 aliphatic heterocycles. The van der Waals surface area contributed by atoms with Crippen LogP contribution in [0.1, 0.15) is 44.7 Å². The summed E-state index contributed by atoms with van der Waals surface area (Å²) in [7, 11) is -2.34. The summed E-state index contributed by atoms with van der Waals surface area (Å²) >= 11 is 0. The Morgan fingerprint density at radius 1 is 1.20 bits per heavy atom. The topological polar surface area (TPSA) is 84.9 Å². The van der Waals surface area contributed by atoms with Gasteiger partial charge in [0, 0.05) is 24.9 Å². The van der Waals surface area contributed by atoms with Crippen LogP contribution < -0.4 is 19.1 Å². The molecule has 8 heteroatoms. The van der Waals surface area contributed by atoms with Crippen LogP contribution in [0.5, 0.6) is 11.5 Å². The smallest absolute Gasteiger partial charge is 0.241 e. The third-order valence-electron chi connectivity index (χ3n) is 5.50. The van der Waals surface area contributed by atoms with Crippen molar-refractivity contribution in [3.63, 3.8) is 0 Å². The summed E-state index contributed by atoms with van der Waals surface area (Å²) in [6, 6.07) is 11.6. The number of anilines is 1. The summed E-state index contributed by atoms with van der Waals surface area (Å²) in [5, 5.41) is 0. The van der Waals surface area contributed by atoms with Crippen LogP contribution in [0, 0.1) is 0 Å². The van der Waals surface area contributed by atoms with Crippen LogP contribution in [0.15, 0.2) is 47.4 Å². The summed E-state index contributed by atoms with van der Waals surface area (Å²) in [6.45, 7) is 4.43. The Labute approximate surface area is 177 Å². The number of hydrogen-bond acceptors (Lipinski definition) is 5. The van der Waals surface area contributed by atoms with E-state index >= 15 is 0 Å². The van der Waals surface area contributed by atoms with Crippen molar-refractivity contribution in [1.29, 1.82) is 0 Å². The molecule has 0 bridgehead atoms. The van der Waals surface area contributed by atoms with E-state index in [4.69, 9.17) is 9.47 Å². The molecule has 30 heavy (non-hydrogen) atoms. The van der Waals surface area contributed by atoms with Crippen LogP contribution in [-0.4, -0.2) is 33.6 Å². The molecule has 1 N–H and O–H groups in total. The SMILES string of the molecule is COc1ccc(S(=O)(=O)NC2CC(C)(C)Oc3ccccc32)cc1N1CCCC1=O. The second-order valence-corrected chi connectivity index (χ2v) is 9.97. The van der Waals surface area contributed by atoms with Crippen molar-refractivity contribution in [2.75, 3.05) is 18.6 Å². The molecule has 160 valence electrons. The van der Waals surface area contributed by atoms with E-state index in [2.05, 4.69) is 4.72 Å². The van der Waals surface area contributed by atoms with Crippen molar-refractivity contribution < 1.29 is 22.7 Å². The Kier molecular flexibility index (Phi) is 5.23.